The first-order chi connectivity index (χ1) is 26.3. The first-order valence-corrected chi connectivity index (χ1v) is 17.9. The van der Waals surface area contributed by atoms with Crippen molar-refractivity contribution in [3.8, 4) is 45.3 Å². The number of hydrogen-bond donors (Lipinski definition) is 0. The van der Waals surface area contributed by atoms with Crippen molar-refractivity contribution in [2.24, 2.45) is 0 Å². The number of para-hydroxylation sites is 1. The van der Waals surface area contributed by atoms with Crippen LogP contribution in [0.15, 0.2) is 180 Å². The van der Waals surface area contributed by atoms with Crippen molar-refractivity contribution in [1.82, 2.24) is 15.0 Å². The minimum atomic E-state index is 0.594. The number of rotatable bonds is 4. The molecular weight excluding hydrogens is 647 g/mol. The Morgan fingerprint density at radius 2 is 0.925 bits per heavy atom. The molecule has 0 N–H and O–H groups in total. The molecule has 0 saturated heterocycles. The second kappa shape index (κ2) is 11.7. The zero-order valence-electron chi connectivity index (χ0n) is 28.5. The van der Waals surface area contributed by atoms with E-state index in [0.717, 1.165) is 65.9 Å². The minimum Gasteiger partial charge on any atom is -0.456 e. The molecule has 0 aliphatic heterocycles. The summed E-state index contributed by atoms with van der Waals surface area (Å²) < 4.78 is 6.50. The summed E-state index contributed by atoms with van der Waals surface area (Å²) in [5, 5.41) is 11.4. The van der Waals surface area contributed by atoms with E-state index in [-0.39, 0.29) is 0 Å². The van der Waals surface area contributed by atoms with Crippen LogP contribution in [0.2, 0.25) is 0 Å². The Bertz CT molecular complexity index is 3240. The van der Waals surface area contributed by atoms with Crippen molar-refractivity contribution in [2.45, 2.75) is 0 Å². The molecule has 0 fully saturated rings. The summed E-state index contributed by atoms with van der Waals surface area (Å²) in [6.45, 7) is 0. The van der Waals surface area contributed by atoms with Gasteiger partial charge >= 0.3 is 0 Å². The van der Waals surface area contributed by atoms with E-state index < -0.39 is 0 Å². The molecule has 4 nitrogen and oxygen atoms in total. The van der Waals surface area contributed by atoms with Crippen LogP contribution in [0, 0.1) is 0 Å². The van der Waals surface area contributed by atoms with Crippen molar-refractivity contribution in [3.63, 3.8) is 0 Å². The summed E-state index contributed by atoms with van der Waals surface area (Å²) in [6, 6.07) is 61.6. The predicted molar refractivity (Wildman–Crippen MR) is 219 cm³/mol. The maximum Gasteiger partial charge on any atom is 0.165 e. The van der Waals surface area contributed by atoms with E-state index in [2.05, 4.69) is 146 Å². The third-order valence-corrected chi connectivity index (χ3v) is 10.5. The molecule has 2 aromatic heterocycles. The minimum absolute atomic E-state index is 0.594. The number of nitrogens with zero attached hydrogens (tertiary/aromatic N) is 3. The number of aromatic nitrogens is 3. The van der Waals surface area contributed by atoms with E-state index in [1.54, 1.807) is 0 Å². The molecule has 0 aliphatic rings. The lowest BCUT2D eigenvalue weighted by molar-refractivity contribution is 0.669. The van der Waals surface area contributed by atoms with Gasteiger partial charge in [-0.1, -0.05) is 146 Å². The number of hydrogen-bond acceptors (Lipinski definition) is 4. The second-order valence-corrected chi connectivity index (χ2v) is 13.5. The Morgan fingerprint density at radius 1 is 0.321 bits per heavy atom. The van der Waals surface area contributed by atoms with E-state index in [1.165, 1.54) is 26.9 Å². The molecule has 0 bridgehead atoms. The van der Waals surface area contributed by atoms with Gasteiger partial charge in [-0.2, -0.15) is 0 Å². The lowest BCUT2D eigenvalue weighted by atomic mass is 9.92. The van der Waals surface area contributed by atoms with Gasteiger partial charge in [-0.05, 0) is 84.5 Å². The second-order valence-electron chi connectivity index (χ2n) is 13.5. The van der Waals surface area contributed by atoms with Crippen molar-refractivity contribution >= 4 is 65.0 Å². The van der Waals surface area contributed by atoms with Crippen molar-refractivity contribution < 1.29 is 4.42 Å². The highest BCUT2D eigenvalue weighted by atomic mass is 16.3. The molecule has 11 aromatic rings. The predicted octanol–water partition coefficient (Wildman–Crippen LogP) is 13.1. The van der Waals surface area contributed by atoms with Crippen LogP contribution < -0.4 is 0 Å². The monoisotopic (exact) mass is 675 g/mol. The van der Waals surface area contributed by atoms with Crippen LogP contribution >= 0.6 is 0 Å². The molecule has 2 heterocycles. The molecule has 9 aromatic carbocycles. The highest BCUT2D eigenvalue weighted by Crippen LogP contribution is 2.44. The van der Waals surface area contributed by atoms with Gasteiger partial charge in [-0.3, -0.25) is 0 Å². The van der Waals surface area contributed by atoms with Gasteiger partial charge in [0.1, 0.15) is 11.2 Å². The Kier molecular flexibility index (Phi) is 6.52. The van der Waals surface area contributed by atoms with Crippen molar-refractivity contribution in [3.05, 3.63) is 176 Å². The first kappa shape index (κ1) is 29.5. The lowest BCUT2D eigenvalue weighted by Crippen LogP contribution is -2.02. The fourth-order valence-electron chi connectivity index (χ4n) is 8.02. The normalized spacial score (nSPS) is 11.8. The smallest absolute Gasteiger partial charge is 0.165 e. The molecule has 0 amide bonds. The molecule has 0 aliphatic carbocycles. The van der Waals surface area contributed by atoms with Gasteiger partial charge in [0.15, 0.2) is 17.5 Å². The summed E-state index contributed by atoms with van der Waals surface area (Å²) in [7, 11) is 0. The number of fused-ring (bicyclic) bond motifs is 9. The van der Waals surface area contributed by atoms with E-state index in [0.29, 0.717) is 17.5 Å². The molecule has 4 heteroatoms. The van der Waals surface area contributed by atoms with Gasteiger partial charge in [0.25, 0.3) is 0 Å². The average molecular weight is 676 g/mol. The van der Waals surface area contributed by atoms with Crippen molar-refractivity contribution in [2.75, 3.05) is 0 Å². The van der Waals surface area contributed by atoms with E-state index in [1.807, 2.05) is 30.3 Å². The Balaban J connectivity index is 1.26. The zero-order valence-corrected chi connectivity index (χ0v) is 28.5. The fourth-order valence-corrected chi connectivity index (χ4v) is 8.02. The molecule has 11 rings (SSSR count). The lowest BCUT2D eigenvalue weighted by Gasteiger charge is -2.15. The molecule has 0 saturated carbocycles. The maximum absolute atomic E-state index is 6.50. The SMILES string of the molecule is c1ccc(-c2nc(-c3cc4ccccc4c4ccccc34)nc(-c3c(-c4ccc5ccc6ccccc6c5c4)ccc4oc5ccccc5c34)n2)cc1. The van der Waals surface area contributed by atoms with E-state index >= 15 is 0 Å². The molecule has 0 radical (unpaired) electrons. The average Bonchev–Trinajstić information content (AvgIpc) is 3.62. The Labute approximate surface area is 304 Å². The summed E-state index contributed by atoms with van der Waals surface area (Å²) in [5.74, 6) is 1.83. The highest BCUT2D eigenvalue weighted by molar-refractivity contribution is 6.17. The number of furan rings is 1. The van der Waals surface area contributed by atoms with Gasteiger partial charge in [0.2, 0.25) is 0 Å². The van der Waals surface area contributed by atoms with Crippen molar-refractivity contribution in [1.29, 1.82) is 0 Å². The van der Waals surface area contributed by atoms with Gasteiger partial charge in [-0.25, -0.2) is 15.0 Å². The van der Waals surface area contributed by atoms with Crippen LogP contribution in [-0.2, 0) is 0 Å². The van der Waals surface area contributed by atoms with Gasteiger partial charge in [-0.15, -0.1) is 0 Å². The fraction of sp³-hybridized carbons (Fsp3) is 0. The van der Waals surface area contributed by atoms with Crippen LogP contribution in [0.1, 0.15) is 0 Å². The summed E-state index contributed by atoms with van der Waals surface area (Å²) >= 11 is 0. The first-order valence-electron chi connectivity index (χ1n) is 17.9. The summed E-state index contributed by atoms with van der Waals surface area (Å²) in [5.41, 5.74) is 6.51. The van der Waals surface area contributed by atoms with Crippen LogP contribution in [0.5, 0.6) is 0 Å². The third kappa shape index (κ3) is 4.73. The van der Waals surface area contributed by atoms with Gasteiger partial charge in [0.05, 0.1) is 0 Å². The quantitative estimate of drug-likeness (QED) is 0.174. The Morgan fingerprint density at radius 3 is 1.75 bits per heavy atom. The zero-order chi connectivity index (χ0) is 34.9. The highest BCUT2D eigenvalue weighted by Gasteiger charge is 2.23. The van der Waals surface area contributed by atoms with Gasteiger partial charge < -0.3 is 4.42 Å². The van der Waals surface area contributed by atoms with Crippen LogP contribution in [0.25, 0.3) is 110 Å². The maximum atomic E-state index is 6.50. The molecule has 0 unspecified atom stereocenters. The van der Waals surface area contributed by atoms with Gasteiger partial charge in [0, 0.05) is 27.5 Å². The standard InChI is InChI=1S/C49H29N3O/c1-2-13-32(14-3-1)47-50-48(42-29-33-15-5-7-17-36(33)38-18-8-9-19-39(38)42)52-49(51-47)46-37(26-27-44-45(46)40-20-10-11-21-43(40)53-44)34-25-24-31-23-22-30-12-4-6-16-35(30)41(31)28-34/h1-29H. The van der Waals surface area contributed by atoms with Crippen LogP contribution in [-0.4, -0.2) is 15.0 Å². The largest absolute Gasteiger partial charge is 0.456 e. The third-order valence-electron chi connectivity index (χ3n) is 10.5. The molecule has 53 heavy (non-hydrogen) atoms. The van der Waals surface area contributed by atoms with Crippen LogP contribution in [0.3, 0.4) is 0 Å². The van der Waals surface area contributed by atoms with E-state index in [9.17, 15) is 0 Å². The summed E-state index contributed by atoms with van der Waals surface area (Å²) in [6.07, 6.45) is 0. The topological polar surface area (TPSA) is 51.8 Å². The molecule has 0 spiro atoms. The number of benzene rings is 9. The molecular formula is C49H29N3O. The van der Waals surface area contributed by atoms with Crippen LogP contribution in [0.4, 0.5) is 0 Å². The van der Waals surface area contributed by atoms with E-state index in [4.69, 9.17) is 19.4 Å². The molecule has 0 atom stereocenters. The Hall–Kier alpha value is -7.17. The summed E-state index contributed by atoms with van der Waals surface area (Å²) in [4.78, 5) is 16.0. The molecule has 246 valence electrons.